The van der Waals surface area contributed by atoms with Gasteiger partial charge in [0, 0.05) is 12.8 Å². The highest BCUT2D eigenvalue weighted by Crippen LogP contribution is 2.19. The number of nitrogens with one attached hydrogen (secondary N) is 1. The van der Waals surface area contributed by atoms with Crippen LogP contribution in [0.2, 0.25) is 0 Å². The Balaban J connectivity index is 3.43. The third-order valence-corrected chi connectivity index (χ3v) is 17.0. The van der Waals surface area contributed by atoms with Crippen LogP contribution in [0.25, 0.3) is 0 Å². The number of unbranched alkanes of at least 4 members (excludes halogenated alkanes) is 55. The van der Waals surface area contributed by atoms with E-state index in [0.717, 1.165) is 44.9 Å². The number of allylic oxidation sites excluding steroid dienone is 3. The lowest BCUT2D eigenvalue weighted by Gasteiger charge is -2.20. The van der Waals surface area contributed by atoms with E-state index < -0.39 is 12.1 Å². The van der Waals surface area contributed by atoms with Crippen molar-refractivity contribution in [3.8, 4) is 0 Å². The van der Waals surface area contributed by atoms with E-state index >= 15 is 0 Å². The number of hydrogen-bond donors (Lipinski definition) is 3. The Morgan fingerprint density at radius 3 is 0.899 bits per heavy atom. The molecule has 0 spiro atoms. The number of amides is 1. The zero-order chi connectivity index (χ0) is 57.1. The number of aliphatic hydroxyl groups is 2. The molecule has 79 heavy (non-hydrogen) atoms. The summed E-state index contributed by atoms with van der Waals surface area (Å²) in [4.78, 5) is 24.6. The van der Waals surface area contributed by atoms with Crippen LogP contribution in [-0.4, -0.2) is 47.4 Å². The van der Waals surface area contributed by atoms with Crippen LogP contribution in [0, 0.1) is 0 Å². The van der Waals surface area contributed by atoms with E-state index in [1.54, 1.807) is 6.08 Å². The van der Waals surface area contributed by atoms with Gasteiger partial charge in [-0.1, -0.05) is 359 Å². The SMILES string of the molecule is CCCCCCCCCCCCCCCCCCCCCCCC/C=C/C(O)C(CO)NC(=O)CCCCCCCCC/C=C\CCCCCCCCCCCCOC(=O)CCCCCCCCCCCCCCCCCCC. The number of carbonyl (C=O) groups is 2. The van der Waals surface area contributed by atoms with E-state index in [9.17, 15) is 19.8 Å². The van der Waals surface area contributed by atoms with Gasteiger partial charge < -0.3 is 20.3 Å². The average Bonchev–Trinajstić information content (AvgIpc) is 3.45. The van der Waals surface area contributed by atoms with E-state index in [1.807, 2.05) is 6.08 Å². The zero-order valence-electron chi connectivity index (χ0n) is 53.6. The summed E-state index contributed by atoms with van der Waals surface area (Å²) in [6.45, 7) is 4.94. The molecular formula is C73H141NO5. The molecule has 6 nitrogen and oxygen atoms in total. The van der Waals surface area contributed by atoms with Crippen LogP contribution < -0.4 is 5.32 Å². The predicted octanol–water partition coefficient (Wildman–Crippen LogP) is 23.3. The van der Waals surface area contributed by atoms with Crippen LogP contribution in [0.1, 0.15) is 406 Å². The van der Waals surface area contributed by atoms with E-state index in [0.29, 0.717) is 19.4 Å². The second-order valence-electron chi connectivity index (χ2n) is 24.9. The van der Waals surface area contributed by atoms with Crippen molar-refractivity contribution >= 4 is 11.9 Å². The maximum Gasteiger partial charge on any atom is 0.305 e. The third kappa shape index (κ3) is 65.4. The first kappa shape index (κ1) is 77.3. The fraction of sp³-hybridized carbons (Fsp3) is 0.918. The molecular weight excluding hydrogens is 971 g/mol. The third-order valence-electron chi connectivity index (χ3n) is 17.0. The van der Waals surface area contributed by atoms with Gasteiger partial charge in [0.2, 0.25) is 5.91 Å². The monoisotopic (exact) mass is 1110 g/mol. The number of hydrogen-bond acceptors (Lipinski definition) is 5. The molecule has 0 bridgehead atoms. The van der Waals surface area contributed by atoms with Crippen molar-refractivity contribution in [2.75, 3.05) is 13.2 Å². The lowest BCUT2D eigenvalue weighted by molar-refractivity contribution is -0.143. The van der Waals surface area contributed by atoms with Crippen molar-refractivity contribution in [1.29, 1.82) is 0 Å². The first-order valence-electron chi connectivity index (χ1n) is 36.1. The second-order valence-corrected chi connectivity index (χ2v) is 24.9. The summed E-state index contributed by atoms with van der Waals surface area (Å²) < 4.78 is 5.50. The highest BCUT2D eigenvalue weighted by atomic mass is 16.5. The number of ether oxygens (including phenoxy) is 1. The highest BCUT2D eigenvalue weighted by Gasteiger charge is 2.18. The van der Waals surface area contributed by atoms with Crippen LogP contribution in [0.4, 0.5) is 0 Å². The standard InChI is InChI=1S/C73H141NO5/c1-3-5-7-9-11-13-15-17-19-21-22-23-24-25-27-30-34-37-41-45-49-53-57-61-65-71(76)70(69-75)74-72(77)66-62-58-54-50-46-42-38-35-31-28-26-29-32-36-40-44-48-52-56-60-64-68-79-73(78)67-63-59-55-51-47-43-39-33-20-18-16-14-12-10-8-6-4-2/h28,31,61,65,70-71,75-76H,3-27,29-30,32-60,62-64,66-69H2,1-2H3,(H,74,77)/b31-28-,65-61+. The van der Waals surface area contributed by atoms with Gasteiger partial charge in [-0.05, 0) is 57.8 Å². The average molecular weight is 1110 g/mol. The van der Waals surface area contributed by atoms with Gasteiger partial charge in [0.1, 0.15) is 0 Å². The van der Waals surface area contributed by atoms with E-state index in [-0.39, 0.29) is 18.5 Å². The van der Waals surface area contributed by atoms with Crippen LogP contribution in [0.3, 0.4) is 0 Å². The van der Waals surface area contributed by atoms with Crippen molar-refractivity contribution in [2.45, 2.75) is 418 Å². The van der Waals surface area contributed by atoms with Gasteiger partial charge in [0.15, 0.2) is 0 Å². The Morgan fingerprint density at radius 1 is 0.342 bits per heavy atom. The Hall–Kier alpha value is -1.66. The fourth-order valence-electron chi connectivity index (χ4n) is 11.5. The topological polar surface area (TPSA) is 95.9 Å². The molecule has 0 saturated heterocycles. The molecule has 0 saturated carbocycles. The molecule has 1 amide bonds. The zero-order valence-corrected chi connectivity index (χ0v) is 53.6. The summed E-state index contributed by atoms with van der Waals surface area (Å²) in [5, 5.41) is 23.3. The molecule has 0 aromatic rings. The van der Waals surface area contributed by atoms with E-state index in [4.69, 9.17) is 4.74 Å². The number of aliphatic hydroxyl groups excluding tert-OH is 2. The lowest BCUT2D eigenvalue weighted by Crippen LogP contribution is -2.45. The predicted molar refractivity (Wildman–Crippen MR) is 347 cm³/mol. The van der Waals surface area contributed by atoms with Crippen LogP contribution in [0.5, 0.6) is 0 Å². The Morgan fingerprint density at radius 2 is 0.595 bits per heavy atom. The first-order valence-corrected chi connectivity index (χ1v) is 36.1. The van der Waals surface area contributed by atoms with Gasteiger partial charge in [-0.15, -0.1) is 0 Å². The van der Waals surface area contributed by atoms with Crippen LogP contribution in [-0.2, 0) is 14.3 Å². The largest absolute Gasteiger partial charge is 0.466 e. The van der Waals surface area contributed by atoms with Crippen LogP contribution >= 0.6 is 0 Å². The molecule has 2 atom stereocenters. The Labute approximate surface area is 494 Å². The molecule has 0 aromatic carbocycles. The molecule has 2 unspecified atom stereocenters. The molecule has 0 aromatic heterocycles. The summed E-state index contributed by atoms with van der Waals surface area (Å²) in [5.41, 5.74) is 0. The number of rotatable bonds is 68. The van der Waals surface area contributed by atoms with Gasteiger partial charge in [-0.2, -0.15) is 0 Å². The molecule has 3 N–H and O–H groups in total. The number of carbonyl (C=O) groups excluding carboxylic acids is 2. The van der Waals surface area contributed by atoms with Gasteiger partial charge >= 0.3 is 5.97 Å². The van der Waals surface area contributed by atoms with Crippen molar-refractivity contribution in [3.63, 3.8) is 0 Å². The molecule has 0 fully saturated rings. The molecule has 0 radical (unpaired) electrons. The Bertz CT molecular complexity index is 1230. The maximum absolute atomic E-state index is 12.5. The molecule has 468 valence electrons. The minimum atomic E-state index is -0.851. The normalized spacial score (nSPS) is 12.6. The second kappa shape index (κ2) is 68.8. The first-order chi connectivity index (χ1) is 39.0. The summed E-state index contributed by atoms with van der Waals surface area (Å²) in [6, 6.07) is -0.635. The van der Waals surface area contributed by atoms with E-state index in [2.05, 4.69) is 31.3 Å². The summed E-state index contributed by atoms with van der Waals surface area (Å²) >= 11 is 0. The van der Waals surface area contributed by atoms with Crippen molar-refractivity contribution in [2.24, 2.45) is 0 Å². The fourth-order valence-corrected chi connectivity index (χ4v) is 11.5. The van der Waals surface area contributed by atoms with Gasteiger partial charge in [-0.25, -0.2) is 0 Å². The van der Waals surface area contributed by atoms with Crippen molar-refractivity contribution < 1.29 is 24.5 Å². The quantitative estimate of drug-likeness (QED) is 0.0320. The minimum absolute atomic E-state index is 0.0126. The molecule has 0 aliphatic carbocycles. The number of esters is 1. The van der Waals surface area contributed by atoms with Crippen LogP contribution in [0.15, 0.2) is 24.3 Å². The smallest absolute Gasteiger partial charge is 0.305 e. The molecule has 0 heterocycles. The molecule has 0 rings (SSSR count). The minimum Gasteiger partial charge on any atom is -0.466 e. The van der Waals surface area contributed by atoms with E-state index in [1.165, 1.54) is 334 Å². The van der Waals surface area contributed by atoms with Gasteiger partial charge in [-0.3, -0.25) is 9.59 Å². The van der Waals surface area contributed by atoms with Gasteiger partial charge in [0.25, 0.3) is 0 Å². The summed E-state index contributed by atoms with van der Waals surface area (Å²) in [5.74, 6) is -0.0586. The van der Waals surface area contributed by atoms with Crippen molar-refractivity contribution in [3.05, 3.63) is 24.3 Å². The highest BCUT2D eigenvalue weighted by molar-refractivity contribution is 5.76. The van der Waals surface area contributed by atoms with Crippen molar-refractivity contribution in [1.82, 2.24) is 5.32 Å². The Kier molecular flexibility index (Phi) is 67.4. The van der Waals surface area contributed by atoms with Gasteiger partial charge in [0.05, 0.1) is 25.4 Å². The molecule has 0 aliphatic heterocycles. The lowest BCUT2D eigenvalue weighted by atomic mass is 10.0. The molecule has 0 aliphatic rings. The summed E-state index contributed by atoms with van der Waals surface area (Å²) in [7, 11) is 0. The summed E-state index contributed by atoms with van der Waals surface area (Å²) in [6.07, 6.45) is 86.8. The molecule has 6 heteroatoms. The maximum atomic E-state index is 12.5.